The number of rotatable bonds is 0. The number of allylic oxidation sites excluding steroid dienone is 8. The van der Waals surface area contributed by atoms with E-state index in [-0.39, 0.29) is 44.7 Å². The smallest absolute Gasteiger partial charge is 0 e. The summed E-state index contributed by atoms with van der Waals surface area (Å²) in [6.45, 7) is 0. The summed E-state index contributed by atoms with van der Waals surface area (Å²) < 4.78 is 0. The van der Waals surface area contributed by atoms with E-state index in [9.17, 15) is 0 Å². The molecule has 0 saturated carbocycles. The fraction of sp³-hybridized carbons (Fsp3) is 0. The van der Waals surface area contributed by atoms with Gasteiger partial charge in [0.15, 0.2) is 0 Å². The number of hydrogen-bond donors (Lipinski definition) is 0. The zero-order valence-corrected chi connectivity index (χ0v) is 11.3. The van der Waals surface area contributed by atoms with E-state index in [0.29, 0.717) is 0 Å². The van der Waals surface area contributed by atoms with E-state index in [4.69, 9.17) is 0 Å². The molecule has 1 aliphatic carbocycles. The Bertz CT molecular complexity index is 106. The second-order valence-corrected chi connectivity index (χ2v) is 1.54. The average molecular weight is 330 g/mol. The molecular weight excluding hydrogens is 313 g/mol. The fourth-order valence-corrected chi connectivity index (χ4v) is 0.513. The molecule has 1 heteroatoms. The summed E-state index contributed by atoms with van der Waals surface area (Å²) in [5.74, 6) is 0. The van der Waals surface area contributed by atoms with E-state index in [2.05, 4.69) is 0 Å². The van der Waals surface area contributed by atoms with Gasteiger partial charge in [-0.15, -0.1) is 0 Å². The van der Waals surface area contributed by atoms with Crippen LogP contribution < -0.4 is 0 Å². The molecule has 0 N–H and O–H groups in total. The normalized spacial score (nSPS) is 16.0. The third-order valence-electron chi connectivity index (χ3n) is 0.889. The largest absolute Gasteiger partial charge is 0.358 e. The van der Waals surface area contributed by atoms with Crippen LogP contribution in [-0.4, -0.2) is 0 Å². The van der Waals surface area contributed by atoms with Gasteiger partial charge < -0.3 is 22.3 Å². The van der Waals surface area contributed by atoms with Crippen LogP contribution in [-0.2, 0) is 22.4 Å². The van der Waals surface area contributed by atoms with Crippen LogP contribution in [0.25, 0.3) is 0 Å². The third kappa shape index (κ3) is 12.4. The molecule has 69 valence electrons. The van der Waals surface area contributed by atoms with Gasteiger partial charge in [-0.25, -0.2) is 0 Å². The molecule has 1 aliphatic rings. The minimum atomic E-state index is 0. The maximum Gasteiger partial charge on any atom is 0 e. The quantitative estimate of drug-likeness (QED) is 0.596. The van der Waals surface area contributed by atoms with Crippen molar-refractivity contribution in [2.45, 2.75) is 0 Å². The SMILES string of the molecule is C1=C/C=C\C=C/C=C1.[CH3-].[CH3-].[CH3-].[Ta]. The van der Waals surface area contributed by atoms with Gasteiger partial charge in [-0.05, 0) is 0 Å². The van der Waals surface area contributed by atoms with Crippen LogP contribution in [0.5, 0.6) is 0 Å². The molecule has 0 saturated heterocycles. The standard InChI is InChI=1S/C8H8.3CH3.Ta/c1-2-4-6-8-7-5-3-1;;;;/h1-8H;3*1H3;/q;3*-1;/b2-1-,3-1?,4-2?,5-3-,6-4?,7-5?,8-6?,8-7?;;;;. The van der Waals surface area contributed by atoms with Gasteiger partial charge in [-0.2, -0.15) is 0 Å². The topological polar surface area (TPSA) is 0 Å². The second-order valence-electron chi connectivity index (χ2n) is 1.54. The molecular formula is C11H17Ta-3. The third-order valence-corrected chi connectivity index (χ3v) is 0.889. The van der Waals surface area contributed by atoms with Crippen LogP contribution >= 0.6 is 0 Å². The van der Waals surface area contributed by atoms with Crippen molar-refractivity contribution >= 4 is 0 Å². The molecule has 0 atom stereocenters. The summed E-state index contributed by atoms with van der Waals surface area (Å²) in [5.41, 5.74) is 0. The van der Waals surface area contributed by atoms with Gasteiger partial charge in [0.2, 0.25) is 0 Å². The predicted octanol–water partition coefficient (Wildman–Crippen LogP) is 3.57. The minimum absolute atomic E-state index is 0. The summed E-state index contributed by atoms with van der Waals surface area (Å²) in [4.78, 5) is 0. The molecule has 0 unspecified atom stereocenters. The van der Waals surface area contributed by atoms with E-state index in [1.165, 1.54) is 0 Å². The van der Waals surface area contributed by atoms with Crippen LogP contribution in [0.4, 0.5) is 0 Å². The first-order valence-corrected chi connectivity index (χ1v) is 2.67. The summed E-state index contributed by atoms with van der Waals surface area (Å²) in [6, 6.07) is 0. The van der Waals surface area contributed by atoms with Gasteiger partial charge >= 0.3 is 0 Å². The summed E-state index contributed by atoms with van der Waals surface area (Å²) >= 11 is 0. The van der Waals surface area contributed by atoms with Crippen LogP contribution in [0.15, 0.2) is 48.6 Å². The Morgan fingerprint density at radius 3 is 0.500 bits per heavy atom. The van der Waals surface area contributed by atoms with Gasteiger partial charge in [0.05, 0.1) is 0 Å². The van der Waals surface area contributed by atoms with Gasteiger partial charge in [-0.1, -0.05) is 48.6 Å². The van der Waals surface area contributed by atoms with Crippen molar-refractivity contribution < 1.29 is 22.4 Å². The molecule has 1 radical (unpaired) electrons. The van der Waals surface area contributed by atoms with E-state index in [1.807, 2.05) is 48.6 Å². The first-order chi connectivity index (χ1) is 4.00. The molecule has 0 aliphatic heterocycles. The monoisotopic (exact) mass is 330 g/mol. The maximum absolute atomic E-state index is 2.00. The summed E-state index contributed by atoms with van der Waals surface area (Å²) in [6.07, 6.45) is 16.0. The Morgan fingerprint density at radius 1 is 0.333 bits per heavy atom. The molecule has 0 fully saturated rings. The van der Waals surface area contributed by atoms with Gasteiger partial charge in [0.25, 0.3) is 0 Å². The molecule has 0 aromatic carbocycles. The van der Waals surface area contributed by atoms with Crippen LogP contribution in [0.1, 0.15) is 0 Å². The van der Waals surface area contributed by atoms with Crippen molar-refractivity contribution in [2.24, 2.45) is 0 Å². The Hall–Kier alpha value is -0.300. The fourth-order valence-electron chi connectivity index (χ4n) is 0.513. The van der Waals surface area contributed by atoms with Crippen molar-refractivity contribution in [3.8, 4) is 0 Å². The van der Waals surface area contributed by atoms with Crippen LogP contribution in [0.2, 0.25) is 0 Å². The number of hydrogen-bond acceptors (Lipinski definition) is 0. The van der Waals surface area contributed by atoms with Gasteiger partial charge in [0.1, 0.15) is 0 Å². The molecule has 12 heavy (non-hydrogen) atoms. The van der Waals surface area contributed by atoms with Gasteiger partial charge in [0, 0.05) is 22.4 Å². The summed E-state index contributed by atoms with van der Waals surface area (Å²) in [5, 5.41) is 0. The van der Waals surface area contributed by atoms with E-state index >= 15 is 0 Å². The first-order valence-electron chi connectivity index (χ1n) is 2.67. The van der Waals surface area contributed by atoms with Crippen molar-refractivity contribution in [2.75, 3.05) is 0 Å². The minimum Gasteiger partial charge on any atom is -0.358 e. The van der Waals surface area contributed by atoms with Crippen LogP contribution in [0, 0.1) is 22.3 Å². The molecule has 0 spiro atoms. The Labute approximate surface area is 93.3 Å². The molecule has 0 nitrogen and oxygen atoms in total. The first kappa shape index (κ1) is 22.6. The Morgan fingerprint density at radius 2 is 0.417 bits per heavy atom. The van der Waals surface area contributed by atoms with Crippen molar-refractivity contribution in [3.63, 3.8) is 0 Å². The second kappa shape index (κ2) is 17.0. The van der Waals surface area contributed by atoms with E-state index < -0.39 is 0 Å². The molecule has 0 heterocycles. The zero-order chi connectivity index (χ0) is 5.66. The van der Waals surface area contributed by atoms with E-state index in [0.717, 1.165) is 0 Å². The molecule has 1 rings (SSSR count). The molecule has 0 bridgehead atoms. The predicted molar refractivity (Wildman–Crippen MR) is 55.8 cm³/mol. The average Bonchev–Trinajstić information content (AvgIpc) is 1.62. The molecule has 0 aromatic heterocycles. The van der Waals surface area contributed by atoms with Crippen molar-refractivity contribution in [3.05, 3.63) is 70.9 Å². The Kier molecular flexibility index (Phi) is 32.0. The summed E-state index contributed by atoms with van der Waals surface area (Å²) in [7, 11) is 0. The Balaban J connectivity index is -0.0000000800. The van der Waals surface area contributed by atoms with E-state index in [1.54, 1.807) is 0 Å². The molecule has 0 aromatic rings. The maximum atomic E-state index is 2.00. The van der Waals surface area contributed by atoms with Crippen LogP contribution in [0.3, 0.4) is 0 Å². The zero-order valence-electron chi connectivity index (χ0n) is 8.07. The van der Waals surface area contributed by atoms with Crippen molar-refractivity contribution in [1.82, 2.24) is 0 Å². The van der Waals surface area contributed by atoms with Crippen molar-refractivity contribution in [1.29, 1.82) is 0 Å². The molecule has 0 amide bonds. The van der Waals surface area contributed by atoms with Gasteiger partial charge in [-0.3, -0.25) is 0 Å².